The van der Waals surface area contributed by atoms with Crippen LogP contribution in [0.2, 0.25) is 0 Å². The van der Waals surface area contributed by atoms with Crippen molar-refractivity contribution in [1.29, 1.82) is 0 Å². The summed E-state index contributed by atoms with van der Waals surface area (Å²) in [7, 11) is 0. The molecular weight excluding hydrogens is 328 g/mol. The van der Waals surface area contributed by atoms with Crippen molar-refractivity contribution in [3.63, 3.8) is 0 Å². The summed E-state index contributed by atoms with van der Waals surface area (Å²) >= 11 is 6.90. The van der Waals surface area contributed by atoms with Crippen LogP contribution in [0.25, 0.3) is 10.2 Å². The summed E-state index contributed by atoms with van der Waals surface area (Å²) in [6.45, 7) is 2.10. The summed E-state index contributed by atoms with van der Waals surface area (Å²) < 4.78 is 1.09. The summed E-state index contributed by atoms with van der Waals surface area (Å²) in [5.41, 5.74) is 1.24. The van der Waals surface area contributed by atoms with Crippen LogP contribution in [0.4, 0.5) is 0 Å². The first-order valence-electron chi connectivity index (χ1n) is 5.37. The molecule has 0 atom stereocenters. The second kappa shape index (κ2) is 4.99. The molecule has 90 valence electrons. The standard InChI is InChI=1S/C13H9BrN2S2/c1-8-6-17-12-11(8)13(16-7-15-12)18-10-5-3-2-4-9(10)14/h2-7H,1H3. The quantitative estimate of drug-likeness (QED) is 0.621. The van der Waals surface area contributed by atoms with Crippen molar-refractivity contribution in [3.8, 4) is 0 Å². The van der Waals surface area contributed by atoms with Gasteiger partial charge in [0.05, 0.1) is 0 Å². The number of aryl methyl sites for hydroxylation is 1. The van der Waals surface area contributed by atoms with Gasteiger partial charge in [-0.05, 0) is 45.9 Å². The third kappa shape index (κ3) is 2.18. The first kappa shape index (κ1) is 12.1. The van der Waals surface area contributed by atoms with Gasteiger partial charge in [-0.3, -0.25) is 0 Å². The van der Waals surface area contributed by atoms with Crippen molar-refractivity contribution in [2.45, 2.75) is 16.8 Å². The molecule has 5 heteroatoms. The lowest BCUT2D eigenvalue weighted by molar-refractivity contribution is 1.10. The van der Waals surface area contributed by atoms with E-state index in [1.54, 1.807) is 29.4 Å². The Morgan fingerprint density at radius 3 is 2.89 bits per heavy atom. The molecule has 3 rings (SSSR count). The molecule has 0 saturated heterocycles. The highest BCUT2D eigenvalue weighted by Crippen LogP contribution is 2.37. The van der Waals surface area contributed by atoms with Gasteiger partial charge in [0, 0.05) is 14.8 Å². The van der Waals surface area contributed by atoms with E-state index in [4.69, 9.17) is 0 Å². The lowest BCUT2D eigenvalue weighted by Crippen LogP contribution is -1.85. The average molecular weight is 337 g/mol. The Labute approximate surface area is 122 Å². The van der Waals surface area contributed by atoms with Crippen molar-refractivity contribution in [2.24, 2.45) is 0 Å². The topological polar surface area (TPSA) is 25.8 Å². The van der Waals surface area contributed by atoms with E-state index in [0.29, 0.717) is 0 Å². The minimum Gasteiger partial charge on any atom is -0.229 e. The van der Waals surface area contributed by atoms with E-state index in [1.807, 2.05) is 18.2 Å². The minimum atomic E-state index is 1.02. The van der Waals surface area contributed by atoms with Gasteiger partial charge in [-0.1, -0.05) is 23.9 Å². The van der Waals surface area contributed by atoms with Crippen LogP contribution in [0.5, 0.6) is 0 Å². The summed E-state index contributed by atoms with van der Waals surface area (Å²) in [5, 5.41) is 4.32. The summed E-state index contributed by atoms with van der Waals surface area (Å²) in [6.07, 6.45) is 1.64. The van der Waals surface area contributed by atoms with E-state index >= 15 is 0 Å². The van der Waals surface area contributed by atoms with Crippen molar-refractivity contribution in [3.05, 3.63) is 46.0 Å². The van der Waals surface area contributed by atoms with Gasteiger partial charge in [0.2, 0.25) is 0 Å². The first-order valence-corrected chi connectivity index (χ1v) is 7.86. The van der Waals surface area contributed by atoms with Crippen molar-refractivity contribution in [1.82, 2.24) is 9.97 Å². The van der Waals surface area contributed by atoms with Crippen molar-refractivity contribution >= 4 is 49.2 Å². The number of halogens is 1. The number of hydrogen-bond acceptors (Lipinski definition) is 4. The number of rotatable bonds is 2. The van der Waals surface area contributed by atoms with E-state index in [1.165, 1.54) is 15.8 Å². The van der Waals surface area contributed by atoms with E-state index in [0.717, 1.165) is 14.3 Å². The summed E-state index contributed by atoms with van der Waals surface area (Å²) in [4.78, 5) is 10.9. The molecule has 3 aromatic rings. The van der Waals surface area contributed by atoms with Crippen LogP contribution < -0.4 is 0 Å². The molecule has 0 spiro atoms. The van der Waals surface area contributed by atoms with Gasteiger partial charge in [-0.15, -0.1) is 11.3 Å². The third-order valence-corrected chi connectivity index (χ3v) is 5.60. The predicted molar refractivity (Wildman–Crippen MR) is 80.4 cm³/mol. The third-order valence-electron chi connectivity index (χ3n) is 2.56. The Hall–Kier alpha value is -0.910. The molecule has 0 radical (unpaired) electrons. The summed E-state index contributed by atoms with van der Waals surface area (Å²) in [5.74, 6) is 0. The lowest BCUT2D eigenvalue weighted by atomic mass is 10.3. The lowest BCUT2D eigenvalue weighted by Gasteiger charge is -2.04. The zero-order chi connectivity index (χ0) is 12.5. The molecule has 18 heavy (non-hydrogen) atoms. The molecule has 0 aliphatic rings. The molecule has 0 fully saturated rings. The van der Waals surface area contributed by atoms with Gasteiger partial charge < -0.3 is 0 Å². The van der Waals surface area contributed by atoms with Gasteiger partial charge in [0.1, 0.15) is 16.2 Å². The second-order valence-electron chi connectivity index (χ2n) is 3.81. The van der Waals surface area contributed by atoms with Crippen molar-refractivity contribution < 1.29 is 0 Å². The van der Waals surface area contributed by atoms with Gasteiger partial charge in [0.15, 0.2) is 0 Å². The van der Waals surface area contributed by atoms with Crippen LogP contribution in [0.15, 0.2) is 50.4 Å². The molecule has 0 bridgehead atoms. The molecule has 2 nitrogen and oxygen atoms in total. The van der Waals surface area contributed by atoms with E-state index in [9.17, 15) is 0 Å². The number of thiophene rings is 1. The van der Waals surface area contributed by atoms with Crippen LogP contribution in [0.1, 0.15) is 5.56 Å². The molecule has 0 N–H and O–H groups in total. The fourth-order valence-corrected chi connectivity index (χ4v) is 4.16. The Balaban J connectivity index is 2.10. The monoisotopic (exact) mass is 336 g/mol. The Morgan fingerprint density at radius 1 is 1.22 bits per heavy atom. The van der Waals surface area contributed by atoms with Crippen LogP contribution in [-0.2, 0) is 0 Å². The Bertz CT molecular complexity index is 709. The molecule has 0 aliphatic carbocycles. The highest BCUT2D eigenvalue weighted by Gasteiger charge is 2.11. The van der Waals surface area contributed by atoms with E-state index < -0.39 is 0 Å². The minimum absolute atomic E-state index is 1.02. The maximum atomic E-state index is 4.41. The molecule has 0 unspecified atom stereocenters. The van der Waals surface area contributed by atoms with Crippen LogP contribution in [-0.4, -0.2) is 9.97 Å². The molecular formula is C13H9BrN2S2. The number of nitrogens with zero attached hydrogens (tertiary/aromatic N) is 2. The van der Waals surface area contributed by atoms with E-state index in [-0.39, 0.29) is 0 Å². The molecule has 0 saturated carbocycles. The van der Waals surface area contributed by atoms with E-state index in [2.05, 4.69) is 44.3 Å². The van der Waals surface area contributed by atoms with Gasteiger partial charge >= 0.3 is 0 Å². The zero-order valence-electron chi connectivity index (χ0n) is 9.55. The number of aromatic nitrogens is 2. The molecule has 1 aromatic carbocycles. The van der Waals surface area contributed by atoms with Crippen LogP contribution in [0.3, 0.4) is 0 Å². The number of benzene rings is 1. The van der Waals surface area contributed by atoms with Crippen molar-refractivity contribution in [2.75, 3.05) is 0 Å². The Kier molecular flexibility index (Phi) is 3.37. The van der Waals surface area contributed by atoms with Gasteiger partial charge in [-0.2, -0.15) is 0 Å². The highest BCUT2D eigenvalue weighted by molar-refractivity contribution is 9.10. The molecule has 0 aliphatic heterocycles. The molecule has 2 aromatic heterocycles. The predicted octanol–water partition coefficient (Wildman–Crippen LogP) is 4.91. The average Bonchev–Trinajstić information content (AvgIpc) is 2.75. The highest BCUT2D eigenvalue weighted by atomic mass is 79.9. The van der Waals surface area contributed by atoms with Crippen LogP contribution in [0, 0.1) is 6.92 Å². The second-order valence-corrected chi connectivity index (χ2v) is 6.55. The SMILES string of the molecule is Cc1csc2ncnc(Sc3ccccc3Br)c12. The maximum Gasteiger partial charge on any atom is 0.128 e. The largest absolute Gasteiger partial charge is 0.229 e. The van der Waals surface area contributed by atoms with Crippen LogP contribution >= 0.6 is 39.0 Å². The Morgan fingerprint density at radius 2 is 2.06 bits per heavy atom. The smallest absolute Gasteiger partial charge is 0.128 e. The van der Waals surface area contributed by atoms with Gasteiger partial charge in [0.25, 0.3) is 0 Å². The first-order chi connectivity index (χ1) is 8.75. The maximum absolute atomic E-state index is 4.41. The number of hydrogen-bond donors (Lipinski definition) is 0. The molecule has 2 heterocycles. The molecule has 0 amide bonds. The van der Waals surface area contributed by atoms with Gasteiger partial charge in [-0.25, -0.2) is 9.97 Å². The fraction of sp³-hybridized carbons (Fsp3) is 0.0769. The fourth-order valence-electron chi connectivity index (χ4n) is 1.69. The summed E-state index contributed by atoms with van der Waals surface area (Å²) in [6, 6.07) is 8.18. The normalized spacial score (nSPS) is 11.0. The zero-order valence-corrected chi connectivity index (χ0v) is 12.8. The number of fused-ring (bicyclic) bond motifs is 1.